The summed E-state index contributed by atoms with van der Waals surface area (Å²) < 4.78 is 5.79. The van der Waals surface area contributed by atoms with Crippen molar-refractivity contribution in [1.29, 1.82) is 0 Å². The zero-order valence-electron chi connectivity index (χ0n) is 11.5. The van der Waals surface area contributed by atoms with E-state index in [9.17, 15) is 10.1 Å². The molecule has 0 aliphatic rings. The number of aromatic nitrogens is 2. The number of hydrogen-bond donors (Lipinski definition) is 0. The highest BCUT2D eigenvalue weighted by molar-refractivity contribution is 7.98. The predicted octanol–water partition coefficient (Wildman–Crippen LogP) is 3.44. The summed E-state index contributed by atoms with van der Waals surface area (Å²) in [6, 6.07) is 4.52. The molecule has 106 valence electrons. The molecule has 1 atom stereocenters. The van der Waals surface area contributed by atoms with Crippen molar-refractivity contribution in [2.24, 2.45) is 0 Å². The van der Waals surface area contributed by atoms with Crippen molar-refractivity contribution in [2.45, 2.75) is 31.5 Å². The van der Waals surface area contributed by atoms with Gasteiger partial charge in [0.2, 0.25) is 5.88 Å². The smallest absolute Gasteiger partial charge is 0.271 e. The minimum Gasteiger partial charge on any atom is -0.474 e. The normalized spacial score (nSPS) is 12.3. The highest BCUT2D eigenvalue weighted by Gasteiger charge is 2.14. The van der Waals surface area contributed by atoms with Crippen LogP contribution >= 0.6 is 11.8 Å². The van der Waals surface area contributed by atoms with E-state index in [-0.39, 0.29) is 11.8 Å². The van der Waals surface area contributed by atoms with Crippen LogP contribution < -0.4 is 4.74 Å². The topological polar surface area (TPSA) is 78.2 Å². The minimum absolute atomic E-state index is 0.0118. The second-order valence-electron chi connectivity index (χ2n) is 4.31. The van der Waals surface area contributed by atoms with E-state index in [1.807, 2.05) is 20.1 Å². The van der Waals surface area contributed by atoms with Crippen molar-refractivity contribution in [1.82, 2.24) is 9.97 Å². The number of nitrogens with zero attached hydrogens (tertiary/aromatic N) is 3. The summed E-state index contributed by atoms with van der Waals surface area (Å²) in [5.41, 5.74) is 0.537. The van der Waals surface area contributed by atoms with Crippen molar-refractivity contribution in [3.63, 3.8) is 0 Å². The van der Waals surface area contributed by atoms with Crippen LogP contribution in [0.15, 0.2) is 23.4 Å². The first-order valence-corrected chi connectivity index (χ1v) is 7.44. The maximum atomic E-state index is 10.8. The van der Waals surface area contributed by atoms with Gasteiger partial charge >= 0.3 is 0 Å². The molecule has 7 heteroatoms. The molecule has 0 saturated carbocycles. The van der Waals surface area contributed by atoms with Gasteiger partial charge in [-0.25, -0.2) is 4.98 Å². The van der Waals surface area contributed by atoms with E-state index in [1.165, 1.54) is 23.9 Å². The Hall–Kier alpha value is -1.89. The van der Waals surface area contributed by atoms with Crippen LogP contribution in [0.2, 0.25) is 0 Å². The van der Waals surface area contributed by atoms with Gasteiger partial charge in [0.05, 0.1) is 21.9 Å². The summed E-state index contributed by atoms with van der Waals surface area (Å²) in [6.45, 7) is 3.98. The van der Waals surface area contributed by atoms with Gasteiger partial charge in [-0.1, -0.05) is 18.7 Å². The Morgan fingerprint density at radius 3 is 2.80 bits per heavy atom. The molecule has 0 fully saturated rings. The molecule has 0 aliphatic carbocycles. The first-order chi connectivity index (χ1) is 9.55. The molecule has 2 rings (SSSR count). The summed E-state index contributed by atoms with van der Waals surface area (Å²) >= 11 is 1.37. The van der Waals surface area contributed by atoms with Crippen LogP contribution in [0.3, 0.4) is 0 Å². The van der Waals surface area contributed by atoms with Gasteiger partial charge in [0.25, 0.3) is 5.69 Å². The number of fused-ring (bicyclic) bond motifs is 1. The average molecular weight is 293 g/mol. The highest BCUT2D eigenvalue weighted by Crippen LogP contribution is 2.29. The van der Waals surface area contributed by atoms with E-state index in [1.54, 1.807) is 6.07 Å². The third-order valence-electron chi connectivity index (χ3n) is 2.91. The van der Waals surface area contributed by atoms with Crippen LogP contribution in [-0.4, -0.2) is 27.3 Å². The molecule has 20 heavy (non-hydrogen) atoms. The molecule has 0 saturated heterocycles. The van der Waals surface area contributed by atoms with Gasteiger partial charge in [0.1, 0.15) is 0 Å². The molecule has 2 aromatic rings. The zero-order chi connectivity index (χ0) is 14.7. The Balaban J connectivity index is 2.57. The van der Waals surface area contributed by atoms with Crippen molar-refractivity contribution in [3.05, 3.63) is 28.3 Å². The van der Waals surface area contributed by atoms with Gasteiger partial charge in [-0.2, -0.15) is 4.98 Å². The Bertz CT molecular complexity index is 648. The van der Waals surface area contributed by atoms with Crippen molar-refractivity contribution in [2.75, 3.05) is 6.26 Å². The summed E-state index contributed by atoms with van der Waals surface area (Å²) in [5, 5.41) is 12.1. The Morgan fingerprint density at radius 2 is 2.20 bits per heavy atom. The number of nitro benzene ring substituents is 1. The number of ether oxygens (including phenoxy) is 1. The van der Waals surface area contributed by atoms with Gasteiger partial charge < -0.3 is 4.74 Å². The number of benzene rings is 1. The zero-order valence-corrected chi connectivity index (χ0v) is 12.3. The number of nitro groups is 1. The van der Waals surface area contributed by atoms with E-state index in [2.05, 4.69) is 9.97 Å². The highest BCUT2D eigenvalue weighted by atomic mass is 32.2. The van der Waals surface area contributed by atoms with Gasteiger partial charge in [0, 0.05) is 12.1 Å². The summed E-state index contributed by atoms with van der Waals surface area (Å²) in [7, 11) is 0. The van der Waals surface area contributed by atoms with E-state index in [0.29, 0.717) is 21.9 Å². The first-order valence-electron chi connectivity index (χ1n) is 6.22. The van der Waals surface area contributed by atoms with Crippen LogP contribution in [0, 0.1) is 10.1 Å². The molecule has 0 radical (unpaired) electrons. The standard InChI is InChI=1S/C13H15N3O3S/c1-4-8(2)19-12-10-6-5-9(16(17)18)7-11(10)14-13(15-12)20-3/h5-8H,4H2,1-3H3. The molecule has 0 aliphatic heterocycles. The van der Waals surface area contributed by atoms with E-state index in [4.69, 9.17) is 4.74 Å². The fraction of sp³-hybridized carbons (Fsp3) is 0.385. The van der Waals surface area contributed by atoms with Crippen LogP contribution in [0.5, 0.6) is 5.88 Å². The largest absolute Gasteiger partial charge is 0.474 e. The summed E-state index contributed by atoms with van der Waals surface area (Å²) in [5.74, 6) is 0.476. The molecule has 6 nitrogen and oxygen atoms in total. The molecule has 0 bridgehead atoms. The lowest BCUT2D eigenvalue weighted by atomic mass is 10.2. The van der Waals surface area contributed by atoms with Crippen LogP contribution in [0.4, 0.5) is 5.69 Å². The van der Waals surface area contributed by atoms with E-state index >= 15 is 0 Å². The molecule has 0 amide bonds. The Morgan fingerprint density at radius 1 is 1.45 bits per heavy atom. The monoisotopic (exact) mass is 293 g/mol. The molecule has 1 aromatic carbocycles. The second kappa shape index (κ2) is 6.04. The Labute approximate surface area is 120 Å². The van der Waals surface area contributed by atoms with Crippen molar-refractivity contribution >= 4 is 28.4 Å². The first kappa shape index (κ1) is 14.5. The molecular weight excluding hydrogens is 278 g/mol. The van der Waals surface area contributed by atoms with E-state index in [0.717, 1.165) is 6.42 Å². The summed E-state index contributed by atoms with van der Waals surface area (Å²) in [6.07, 6.45) is 2.73. The quantitative estimate of drug-likeness (QED) is 0.364. The average Bonchev–Trinajstić information content (AvgIpc) is 2.45. The number of thioether (sulfide) groups is 1. The third-order valence-corrected chi connectivity index (χ3v) is 3.45. The van der Waals surface area contributed by atoms with Crippen LogP contribution in [0.25, 0.3) is 10.9 Å². The molecular formula is C13H15N3O3S. The Kier molecular flexibility index (Phi) is 4.39. The second-order valence-corrected chi connectivity index (χ2v) is 5.08. The lowest BCUT2D eigenvalue weighted by Crippen LogP contribution is -2.11. The van der Waals surface area contributed by atoms with Crippen LogP contribution in [-0.2, 0) is 0 Å². The fourth-order valence-corrected chi connectivity index (χ4v) is 2.00. The van der Waals surface area contributed by atoms with Gasteiger partial charge in [-0.15, -0.1) is 0 Å². The SMILES string of the molecule is CCC(C)Oc1nc(SC)nc2cc([N+](=O)[O-])ccc12. The fourth-order valence-electron chi connectivity index (χ4n) is 1.64. The number of rotatable bonds is 5. The third kappa shape index (κ3) is 2.98. The lowest BCUT2D eigenvalue weighted by Gasteiger charge is -2.14. The number of non-ortho nitro benzene ring substituents is 1. The van der Waals surface area contributed by atoms with Gasteiger partial charge in [0.15, 0.2) is 5.16 Å². The maximum absolute atomic E-state index is 10.8. The molecule has 0 spiro atoms. The molecule has 1 aromatic heterocycles. The minimum atomic E-state index is -0.435. The van der Waals surface area contributed by atoms with E-state index < -0.39 is 4.92 Å². The van der Waals surface area contributed by atoms with Gasteiger partial charge in [-0.05, 0) is 25.7 Å². The lowest BCUT2D eigenvalue weighted by molar-refractivity contribution is -0.384. The summed E-state index contributed by atoms with van der Waals surface area (Å²) in [4.78, 5) is 19.0. The van der Waals surface area contributed by atoms with Gasteiger partial charge in [-0.3, -0.25) is 10.1 Å². The molecule has 1 heterocycles. The van der Waals surface area contributed by atoms with Crippen molar-refractivity contribution in [3.8, 4) is 5.88 Å². The predicted molar refractivity (Wildman–Crippen MR) is 78.4 cm³/mol. The van der Waals surface area contributed by atoms with Crippen LogP contribution in [0.1, 0.15) is 20.3 Å². The molecule has 0 N–H and O–H groups in total. The molecule has 1 unspecified atom stereocenters. The van der Waals surface area contributed by atoms with Crippen molar-refractivity contribution < 1.29 is 9.66 Å². The number of hydrogen-bond acceptors (Lipinski definition) is 6. The maximum Gasteiger partial charge on any atom is 0.271 e.